The van der Waals surface area contributed by atoms with E-state index in [4.69, 9.17) is 9.47 Å². The minimum absolute atomic E-state index is 0.0815. The van der Waals surface area contributed by atoms with E-state index in [2.05, 4.69) is 4.98 Å². The highest BCUT2D eigenvalue weighted by Crippen LogP contribution is 2.22. The third kappa shape index (κ3) is 2.97. The summed E-state index contributed by atoms with van der Waals surface area (Å²) in [6.07, 6.45) is 0. The van der Waals surface area contributed by atoms with Crippen molar-refractivity contribution in [2.24, 2.45) is 0 Å². The van der Waals surface area contributed by atoms with Crippen molar-refractivity contribution in [3.63, 3.8) is 0 Å². The molecule has 1 aromatic heterocycles. The number of aromatic nitrogens is 1. The average molecular weight is 247 g/mol. The maximum Gasteiger partial charge on any atom is 0.219 e. The van der Waals surface area contributed by atoms with Crippen molar-refractivity contribution in [2.75, 3.05) is 19.8 Å². The molecule has 1 N–H and O–H groups in total. The van der Waals surface area contributed by atoms with Gasteiger partial charge in [0.25, 0.3) is 0 Å². The number of rotatable bonds is 6. The Kier molecular flexibility index (Phi) is 4.50. The molecule has 96 valence electrons. The Balaban J connectivity index is 2.19. The molecule has 0 bridgehead atoms. The Bertz CT molecular complexity index is 513. The second-order valence-electron chi connectivity index (χ2n) is 3.85. The Morgan fingerprint density at radius 1 is 1.22 bits per heavy atom. The number of aliphatic hydroxyl groups excluding tert-OH is 1. The summed E-state index contributed by atoms with van der Waals surface area (Å²) < 4.78 is 10.7. The van der Waals surface area contributed by atoms with Crippen molar-refractivity contribution in [3.8, 4) is 5.88 Å². The van der Waals surface area contributed by atoms with Gasteiger partial charge in [-0.25, -0.2) is 4.98 Å². The van der Waals surface area contributed by atoms with Crippen molar-refractivity contribution >= 4 is 10.9 Å². The summed E-state index contributed by atoms with van der Waals surface area (Å²) >= 11 is 0. The standard InChI is InChI=1S/C14H17NO3/c1-2-17-7-8-18-14-12(10-16)9-11-5-3-4-6-13(11)15-14/h3-6,9,16H,2,7-8,10H2,1H3. The van der Waals surface area contributed by atoms with E-state index in [-0.39, 0.29) is 6.61 Å². The van der Waals surface area contributed by atoms with Gasteiger partial charge in [-0.15, -0.1) is 0 Å². The van der Waals surface area contributed by atoms with Crippen LogP contribution in [0.4, 0.5) is 0 Å². The van der Waals surface area contributed by atoms with Gasteiger partial charge >= 0.3 is 0 Å². The molecule has 1 heterocycles. The first kappa shape index (κ1) is 12.8. The number of hydrogen-bond acceptors (Lipinski definition) is 4. The highest BCUT2D eigenvalue weighted by atomic mass is 16.5. The number of aliphatic hydroxyl groups is 1. The number of para-hydroxylation sites is 1. The number of benzene rings is 1. The second-order valence-corrected chi connectivity index (χ2v) is 3.85. The van der Waals surface area contributed by atoms with E-state index in [9.17, 15) is 5.11 Å². The molecule has 0 atom stereocenters. The average Bonchev–Trinajstić information content (AvgIpc) is 2.42. The van der Waals surface area contributed by atoms with Crippen LogP contribution in [0.25, 0.3) is 10.9 Å². The minimum atomic E-state index is -0.0815. The number of nitrogens with zero attached hydrogens (tertiary/aromatic N) is 1. The molecule has 0 aliphatic carbocycles. The molecule has 0 saturated carbocycles. The van der Waals surface area contributed by atoms with E-state index in [1.807, 2.05) is 37.3 Å². The molecular weight excluding hydrogens is 230 g/mol. The highest BCUT2D eigenvalue weighted by molar-refractivity contribution is 5.79. The van der Waals surface area contributed by atoms with Gasteiger partial charge in [0.1, 0.15) is 6.61 Å². The largest absolute Gasteiger partial charge is 0.475 e. The number of fused-ring (bicyclic) bond motifs is 1. The van der Waals surface area contributed by atoms with Crippen LogP contribution in [0.3, 0.4) is 0 Å². The van der Waals surface area contributed by atoms with Gasteiger partial charge in [-0.2, -0.15) is 0 Å². The maximum atomic E-state index is 9.33. The third-order valence-electron chi connectivity index (χ3n) is 2.60. The van der Waals surface area contributed by atoms with E-state index in [1.165, 1.54) is 0 Å². The first-order valence-electron chi connectivity index (χ1n) is 6.05. The zero-order chi connectivity index (χ0) is 12.8. The Morgan fingerprint density at radius 2 is 2.06 bits per heavy atom. The molecular formula is C14H17NO3. The van der Waals surface area contributed by atoms with Gasteiger partial charge < -0.3 is 14.6 Å². The van der Waals surface area contributed by atoms with Crippen LogP contribution in [0.1, 0.15) is 12.5 Å². The Hall–Kier alpha value is -1.65. The molecule has 4 heteroatoms. The fraction of sp³-hybridized carbons (Fsp3) is 0.357. The van der Waals surface area contributed by atoms with Crippen molar-refractivity contribution in [3.05, 3.63) is 35.9 Å². The summed E-state index contributed by atoms with van der Waals surface area (Å²) in [7, 11) is 0. The second kappa shape index (κ2) is 6.33. The fourth-order valence-corrected chi connectivity index (χ4v) is 1.72. The lowest BCUT2D eigenvalue weighted by molar-refractivity contribution is 0.107. The molecule has 0 spiro atoms. The van der Waals surface area contributed by atoms with E-state index in [0.717, 1.165) is 10.9 Å². The van der Waals surface area contributed by atoms with Crippen molar-refractivity contribution in [1.29, 1.82) is 0 Å². The van der Waals surface area contributed by atoms with Crippen LogP contribution in [-0.4, -0.2) is 29.9 Å². The lowest BCUT2D eigenvalue weighted by Gasteiger charge is -2.10. The number of pyridine rings is 1. The van der Waals surface area contributed by atoms with Crippen LogP contribution in [0, 0.1) is 0 Å². The summed E-state index contributed by atoms with van der Waals surface area (Å²) in [5.41, 5.74) is 1.56. The quantitative estimate of drug-likeness (QED) is 0.795. The zero-order valence-corrected chi connectivity index (χ0v) is 10.4. The van der Waals surface area contributed by atoms with E-state index in [1.54, 1.807) is 0 Å². The summed E-state index contributed by atoms with van der Waals surface area (Å²) in [4.78, 5) is 4.41. The molecule has 18 heavy (non-hydrogen) atoms. The van der Waals surface area contributed by atoms with Gasteiger partial charge in [-0.05, 0) is 19.1 Å². The SMILES string of the molecule is CCOCCOc1nc2ccccc2cc1CO. The molecule has 1 aromatic carbocycles. The monoisotopic (exact) mass is 247 g/mol. The highest BCUT2D eigenvalue weighted by Gasteiger charge is 2.07. The molecule has 4 nitrogen and oxygen atoms in total. The summed E-state index contributed by atoms with van der Waals surface area (Å²) in [5.74, 6) is 0.482. The molecule has 0 fully saturated rings. The van der Waals surface area contributed by atoms with Gasteiger partial charge in [0.05, 0.1) is 18.7 Å². The summed E-state index contributed by atoms with van der Waals surface area (Å²) in [6.45, 7) is 3.48. The molecule has 0 saturated heterocycles. The lowest BCUT2D eigenvalue weighted by Crippen LogP contribution is -2.09. The molecule has 0 unspecified atom stereocenters. The van der Waals surface area contributed by atoms with Crippen LogP contribution in [0.15, 0.2) is 30.3 Å². The molecule has 0 aliphatic rings. The third-order valence-corrected chi connectivity index (χ3v) is 2.60. The van der Waals surface area contributed by atoms with Gasteiger partial charge in [-0.3, -0.25) is 0 Å². The minimum Gasteiger partial charge on any atom is -0.475 e. The van der Waals surface area contributed by atoms with Crippen molar-refractivity contribution in [2.45, 2.75) is 13.5 Å². The number of hydrogen-bond donors (Lipinski definition) is 1. The van der Waals surface area contributed by atoms with Crippen LogP contribution in [0.2, 0.25) is 0 Å². The van der Waals surface area contributed by atoms with E-state index < -0.39 is 0 Å². The number of ether oxygens (including phenoxy) is 2. The van der Waals surface area contributed by atoms with Crippen LogP contribution in [0.5, 0.6) is 5.88 Å². The Morgan fingerprint density at radius 3 is 2.83 bits per heavy atom. The topological polar surface area (TPSA) is 51.6 Å². The first-order valence-corrected chi connectivity index (χ1v) is 6.05. The lowest BCUT2D eigenvalue weighted by atomic mass is 10.1. The van der Waals surface area contributed by atoms with Crippen molar-refractivity contribution < 1.29 is 14.6 Å². The predicted octanol–water partition coefficient (Wildman–Crippen LogP) is 2.14. The molecule has 0 aliphatic heterocycles. The van der Waals surface area contributed by atoms with Crippen LogP contribution < -0.4 is 4.74 Å². The Labute approximate surface area is 106 Å². The summed E-state index contributed by atoms with van der Waals surface area (Å²) in [5, 5.41) is 10.3. The van der Waals surface area contributed by atoms with Gasteiger partial charge in [0.15, 0.2) is 0 Å². The fourth-order valence-electron chi connectivity index (χ4n) is 1.72. The van der Waals surface area contributed by atoms with Crippen molar-refractivity contribution in [1.82, 2.24) is 4.98 Å². The molecule has 0 amide bonds. The van der Waals surface area contributed by atoms with E-state index >= 15 is 0 Å². The smallest absolute Gasteiger partial charge is 0.219 e. The van der Waals surface area contributed by atoms with Crippen LogP contribution >= 0.6 is 0 Å². The van der Waals surface area contributed by atoms with Gasteiger partial charge in [0.2, 0.25) is 5.88 Å². The molecule has 2 rings (SSSR count). The molecule has 0 radical (unpaired) electrons. The normalized spacial score (nSPS) is 10.8. The zero-order valence-electron chi connectivity index (χ0n) is 10.4. The summed E-state index contributed by atoms with van der Waals surface area (Å²) in [6, 6.07) is 9.66. The van der Waals surface area contributed by atoms with Gasteiger partial charge in [-0.1, -0.05) is 18.2 Å². The first-order chi connectivity index (χ1) is 8.85. The van der Waals surface area contributed by atoms with Crippen LogP contribution in [-0.2, 0) is 11.3 Å². The van der Waals surface area contributed by atoms with E-state index in [0.29, 0.717) is 31.3 Å². The van der Waals surface area contributed by atoms with Gasteiger partial charge in [0, 0.05) is 17.6 Å². The predicted molar refractivity (Wildman–Crippen MR) is 69.7 cm³/mol. The maximum absolute atomic E-state index is 9.33. The molecule has 2 aromatic rings.